The predicted octanol–water partition coefficient (Wildman–Crippen LogP) is 3.66. The van der Waals surface area contributed by atoms with Gasteiger partial charge in [-0.1, -0.05) is 57.1 Å². The van der Waals surface area contributed by atoms with Gasteiger partial charge in [0.05, 0.1) is 0 Å². The fourth-order valence-corrected chi connectivity index (χ4v) is 4.70. The Morgan fingerprint density at radius 3 is 2.67 bits per heavy atom. The minimum atomic E-state index is -1.46. The standard InChI is InChI=1S/C15H21NOSi/c1-4-5-11-18(2,3)14-10-9-12-7-6-8-13(17)15(12)16-14/h6-10,17H,4-5,11H2,1-3H3. The molecule has 96 valence electrons. The number of aromatic hydroxyl groups is 1. The molecule has 0 unspecified atom stereocenters. The van der Waals surface area contributed by atoms with E-state index in [1.807, 2.05) is 12.1 Å². The molecule has 2 rings (SSSR count). The molecule has 18 heavy (non-hydrogen) atoms. The summed E-state index contributed by atoms with van der Waals surface area (Å²) < 4.78 is 0. The van der Waals surface area contributed by atoms with E-state index in [9.17, 15) is 5.11 Å². The normalized spacial score (nSPS) is 11.9. The molecule has 0 aliphatic rings. The summed E-state index contributed by atoms with van der Waals surface area (Å²) in [6, 6.07) is 11.0. The Labute approximate surface area is 110 Å². The van der Waals surface area contributed by atoms with Crippen LogP contribution in [0.3, 0.4) is 0 Å². The van der Waals surface area contributed by atoms with Crippen LogP contribution in [-0.4, -0.2) is 18.2 Å². The largest absolute Gasteiger partial charge is 0.506 e. The third-order valence-electron chi connectivity index (χ3n) is 3.55. The van der Waals surface area contributed by atoms with Crippen LogP contribution < -0.4 is 5.32 Å². The third-order valence-corrected chi connectivity index (χ3v) is 6.82. The minimum absolute atomic E-state index is 0.287. The van der Waals surface area contributed by atoms with Gasteiger partial charge in [-0.3, -0.25) is 4.98 Å². The van der Waals surface area contributed by atoms with Crippen LogP contribution in [0.5, 0.6) is 5.75 Å². The maximum atomic E-state index is 9.89. The van der Waals surface area contributed by atoms with Crippen molar-refractivity contribution in [2.24, 2.45) is 0 Å². The first kappa shape index (κ1) is 13.1. The summed E-state index contributed by atoms with van der Waals surface area (Å²) in [5.74, 6) is 0.287. The van der Waals surface area contributed by atoms with E-state index in [4.69, 9.17) is 4.98 Å². The number of fused-ring (bicyclic) bond motifs is 1. The number of nitrogens with zero attached hydrogens (tertiary/aromatic N) is 1. The fraction of sp³-hybridized carbons (Fsp3) is 0.400. The van der Waals surface area contributed by atoms with Crippen LogP contribution >= 0.6 is 0 Å². The fourth-order valence-electron chi connectivity index (χ4n) is 2.26. The molecule has 0 amide bonds. The van der Waals surface area contributed by atoms with Gasteiger partial charge >= 0.3 is 0 Å². The first-order valence-corrected chi connectivity index (χ1v) is 9.84. The summed E-state index contributed by atoms with van der Waals surface area (Å²) in [7, 11) is -1.46. The Morgan fingerprint density at radius 2 is 1.94 bits per heavy atom. The van der Waals surface area contributed by atoms with E-state index >= 15 is 0 Å². The Kier molecular flexibility index (Phi) is 3.71. The lowest BCUT2D eigenvalue weighted by Gasteiger charge is -2.21. The number of benzene rings is 1. The molecule has 2 nitrogen and oxygen atoms in total. The van der Waals surface area contributed by atoms with E-state index in [0.29, 0.717) is 0 Å². The van der Waals surface area contributed by atoms with E-state index in [1.165, 1.54) is 24.2 Å². The summed E-state index contributed by atoms with van der Waals surface area (Å²) in [6.07, 6.45) is 2.50. The topological polar surface area (TPSA) is 33.1 Å². The number of hydrogen-bond acceptors (Lipinski definition) is 2. The van der Waals surface area contributed by atoms with Crippen molar-refractivity contribution in [3.8, 4) is 5.75 Å². The Hall–Kier alpha value is -1.35. The molecule has 0 radical (unpaired) electrons. The summed E-state index contributed by atoms with van der Waals surface area (Å²) in [5.41, 5.74) is 0.743. The second-order valence-corrected chi connectivity index (χ2v) is 10.3. The van der Waals surface area contributed by atoms with Crippen molar-refractivity contribution in [1.29, 1.82) is 0 Å². The maximum absolute atomic E-state index is 9.89. The first-order valence-electron chi connectivity index (χ1n) is 6.64. The average Bonchev–Trinajstić information content (AvgIpc) is 2.36. The second kappa shape index (κ2) is 5.10. The molecule has 0 fully saturated rings. The highest BCUT2D eigenvalue weighted by Crippen LogP contribution is 2.22. The number of rotatable bonds is 4. The molecule has 3 heteroatoms. The predicted molar refractivity (Wildman–Crippen MR) is 80.2 cm³/mol. The van der Waals surface area contributed by atoms with Gasteiger partial charge in [-0.25, -0.2) is 0 Å². The van der Waals surface area contributed by atoms with Crippen LogP contribution in [0.4, 0.5) is 0 Å². The lowest BCUT2D eigenvalue weighted by Crippen LogP contribution is -2.43. The lowest BCUT2D eigenvalue weighted by molar-refractivity contribution is 0.480. The van der Waals surface area contributed by atoms with Crippen LogP contribution in [0.1, 0.15) is 19.8 Å². The van der Waals surface area contributed by atoms with E-state index in [2.05, 4.69) is 32.2 Å². The molecule has 1 aromatic carbocycles. The van der Waals surface area contributed by atoms with Crippen LogP contribution in [0.15, 0.2) is 30.3 Å². The zero-order chi connectivity index (χ0) is 13.2. The maximum Gasteiger partial charge on any atom is 0.141 e. The van der Waals surface area contributed by atoms with Gasteiger partial charge in [0.25, 0.3) is 0 Å². The quantitative estimate of drug-likeness (QED) is 0.850. The van der Waals surface area contributed by atoms with Crippen molar-refractivity contribution in [2.75, 3.05) is 0 Å². The minimum Gasteiger partial charge on any atom is -0.506 e. The van der Waals surface area contributed by atoms with E-state index in [0.717, 1.165) is 10.9 Å². The molecule has 0 saturated heterocycles. The zero-order valence-electron chi connectivity index (χ0n) is 11.4. The Bertz CT molecular complexity index is 551. The third kappa shape index (κ3) is 2.56. The molecule has 0 spiro atoms. The van der Waals surface area contributed by atoms with Gasteiger partial charge in [0.2, 0.25) is 0 Å². The molecule has 0 aliphatic heterocycles. The van der Waals surface area contributed by atoms with E-state index in [-0.39, 0.29) is 5.75 Å². The monoisotopic (exact) mass is 259 g/mol. The average molecular weight is 259 g/mol. The number of aromatic nitrogens is 1. The number of hydrogen-bond donors (Lipinski definition) is 1. The van der Waals surface area contributed by atoms with E-state index in [1.54, 1.807) is 6.07 Å². The van der Waals surface area contributed by atoms with E-state index < -0.39 is 8.07 Å². The van der Waals surface area contributed by atoms with Gasteiger partial charge in [-0.15, -0.1) is 0 Å². The molecule has 1 heterocycles. The molecule has 0 bridgehead atoms. The molecule has 2 aromatic rings. The zero-order valence-corrected chi connectivity index (χ0v) is 12.4. The van der Waals surface area contributed by atoms with Gasteiger partial charge in [0, 0.05) is 10.7 Å². The summed E-state index contributed by atoms with van der Waals surface area (Å²) >= 11 is 0. The molecule has 0 aliphatic carbocycles. The van der Waals surface area contributed by atoms with Gasteiger partial charge in [-0.2, -0.15) is 0 Å². The van der Waals surface area contributed by atoms with Crippen molar-refractivity contribution < 1.29 is 5.11 Å². The number of para-hydroxylation sites is 1. The highest BCUT2D eigenvalue weighted by atomic mass is 28.3. The van der Waals surface area contributed by atoms with Crippen molar-refractivity contribution in [3.05, 3.63) is 30.3 Å². The first-order chi connectivity index (χ1) is 8.54. The second-order valence-electron chi connectivity index (χ2n) is 5.53. The van der Waals surface area contributed by atoms with Gasteiger partial charge in [0.15, 0.2) is 0 Å². The number of phenolic OH excluding ortho intramolecular Hbond substituents is 1. The SMILES string of the molecule is CCCC[Si](C)(C)c1ccc2cccc(O)c2n1. The van der Waals surface area contributed by atoms with Crippen LogP contribution in [0.2, 0.25) is 19.1 Å². The summed E-state index contributed by atoms with van der Waals surface area (Å²) in [4.78, 5) is 4.71. The number of unbranched alkanes of at least 4 members (excludes halogenated alkanes) is 1. The molecule has 1 aromatic heterocycles. The van der Waals surface area contributed by atoms with Crippen molar-refractivity contribution in [2.45, 2.75) is 38.9 Å². The smallest absolute Gasteiger partial charge is 0.141 e. The summed E-state index contributed by atoms with van der Waals surface area (Å²) in [5, 5.41) is 12.1. The molecule has 1 N–H and O–H groups in total. The Balaban J connectivity index is 2.43. The van der Waals surface area contributed by atoms with Gasteiger partial charge < -0.3 is 5.11 Å². The number of pyridine rings is 1. The number of phenols is 1. The van der Waals surface area contributed by atoms with Gasteiger partial charge in [-0.05, 0) is 12.1 Å². The van der Waals surface area contributed by atoms with Crippen molar-refractivity contribution >= 4 is 24.3 Å². The molecular weight excluding hydrogens is 238 g/mol. The molecular formula is C15H21NOSi. The van der Waals surface area contributed by atoms with Crippen molar-refractivity contribution in [1.82, 2.24) is 4.98 Å². The summed E-state index contributed by atoms with van der Waals surface area (Å²) in [6.45, 7) is 6.94. The molecule has 0 saturated carbocycles. The van der Waals surface area contributed by atoms with Crippen LogP contribution in [0.25, 0.3) is 10.9 Å². The molecule has 0 atom stereocenters. The van der Waals surface area contributed by atoms with Crippen LogP contribution in [0, 0.1) is 0 Å². The van der Waals surface area contributed by atoms with Crippen molar-refractivity contribution in [3.63, 3.8) is 0 Å². The van der Waals surface area contributed by atoms with Crippen LogP contribution in [-0.2, 0) is 0 Å². The Morgan fingerprint density at radius 1 is 1.17 bits per heavy atom. The lowest BCUT2D eigenvalue weighted by atomic mass is 10.2. The highest BCUT2D eigenvalue weighted by Gasteiger charge is 2.24. The highest BCUT2D eigenvalue weighted by molar-refractivity contribution is 6.89. The van der Waals surface area contributed by atoms with Gasteiger partial charge in [0.1, 0.15) is 19.3 Å².